The standard InChI is InChI=1S/C29H42N6O3/c1-4-5-6-26(32-28(36)22-7-10-24(11-8-22)35-19-17-34(3)18-20-35)29(37)31-23-9-12-27(30-21-23)38-25-13-15-33(2)16-14-25/h7-12,21,25-26H,4-6,13-20H2,1-3H3,(H,31,37)(H,32,36). The SMILES string of the molecule is CCCCC(NC(=O)c1ccc(N2CCN(C)CC2)cc1)C(=O)Nc1ccc(OC2CCN(C)CC2)nc1. The van der Waals surface area contributed by atoms with Crippen molar-refractivity contribution >= 4 is 23.2 Å². The summed E-state index contributed by atoms with van der Waals surface area (Å²) in [7, 11) is 4.25. The van der Waals surface area contributed by atoms with Crippen LogP contribution in [0.15, 0.2) is 42.6 Å². The molecule has 2 amide bonds. The molecular weight excluding hydrogens is 480 g/mol. The van der Waals surface area contributed by atoms with E-state index < -0.39 is 6.04 Å². The fourth-order valence-corrected chi connectivity index (χ4v) is 4.83. The van der Waals surface area contributed by atoms with Crippen molar-refractivity contribution in [2.75, 3.05) is 63.6 Å². The number of rotatable bonds is 10. The molecule has 0 saturated carbocycles. The summed E-state index contributed by atoms with van der Waals surface area (Å²) in [4.78, 5) is 37.4. The van der Waals surface area contributed by atoms with Gasteiger partial charge in [0, 0.05) is 56.6 Å². The first-order valence-corrected chi connectivity index (χ1v) is 13.9. The number of carbonyl (C=O) groups is 2. The Hall–Kier alpha value is -3.17. The number of piperidine rings is 1. The number of nitrogens with one attached hydrogen (secondary N) is 2. The Balaban J connectivity index is 1.32. The third-order valence-electron chi connectivity index (χ3n) is 7.42. The predicted molar refractivity (Wildman–Crippen MR) is 151 cm³/mol. The fourth-order valence-electron chi connectivity index (χ4n) is 4.83. The molecule has 1 atom stereocenters. The number of nitrogens with zero attached hydrogens (tertiary/aromatic N) is 4. The molecule has 0 spiro atoms. The number of aromatic nitrogens is 1. The van der Waals surface area contributed by atoms with Crippen LogP contribution < -0.4 is 20.3 Å². The molecule has 2 aliphatic heterocycles. The van der Waals surface area contributed by atoms with Crippen molar-refractivity contribution in [1.29, 1.82) is 0 Å². The number of amides is 2. The van der Waals surface area contributed by atoms with E-state index in [0.717, 1.165) is 70.6 Å². The molecule has 1 aromatic carbocycles. The molecule has 1 unspecified atom stereocenters. The van der Waals surface area contributed by atoms with Crippen LogP contribution in [0.5, 0.6) is 5.88 Å². The molecule has 206 valence electrons. The molecular formula is C29H42N6O3. The Labute approximate surface area is 226 Å². The molecule has 3 heterocycles. The van der Waals surface area contributed by atoms with Crippen molar-refractivity contribution in [2.24, 2.45) is 0 Å². The smallest absolute Gasteiger partial charge is 0.251 e. The summed E-state index contributed by atoms with van der Waals surface area (Å²) in [6.07, 6.45) is 6.08. The van der Waals surface area contributed by atoms with Crippen LogP contribution in [0.3, 0.4) is 0 Å². The maximum atomic E-state index is 13.1. The Morgan fingerprint density at radius 3 is 2.29 bits per heavy atom. The zero-order valence-corrected chi connectivity index (χ0v) is 23.0. The highest BCUT2D eigenvalue weighted by molar-refractivity contribution is 6.01. The minimum Gasteiger partial charge on any atom is -0.474 e. The molecule has 2 aliphatic rings. The van der Waals surface area contributed by atoms with Gasteiger partial charge in [-0.3, -0.25) is 9.59 Å². The van der Waals surface area contributed by atoms with E-state index in [-0.39, 0.29) is 17.9 Å². The minimum atomic E-state index is -0.630. The number of pyridine rings is 1. The summed E-state index contributed by atoms with van der Waals surface area (Å²) < 4.78 is 6.00. The van der Waals surface area contributed by atoms with E-state index in [4.69, 9.17) is 4.74 Å². The van der Waals surface area contributed by atoms with Crippen LogP contribution in [-0.4, -0.2) is 92.1 Å². The molecule has 1 aromatic heterocycles. The largest absolute Gasteiger partial charge is 0.474 e. The van der Waals surface area contributed by atoms with Gasteiger partial charge in [-0.1, -0.05) is 19.8 Å². The van der Waals surface area contributed by atoms with Gasteiger partial charge < -0.3 is 30.1 Å². The number of piperazine rings is 1. The highest BCUT2D eigenvalue weighted by atomic mass is 16.5. The maximum absolute atomic E-state index is 13.1. The molecule has 2 saturated heterocycles. The summed E-state index contributed by atoms with van der Waals surface area (Å²) >= 11 is 0. The quantitative estimate of drug-likeness (QED) is 0.495. The number of benzene rings is 1. The second kappa shape index (κ2) is 13.6. The highest BCUT2D eigenvalue weighted by Crippen LogP contribution is 2.20. The number of anilines is 2. The third-order valence-corrected chi connectivity index (χ3v) is 7.42. The van der Waals surface area contributed by atoms with Gasteiger partial charge in [-0.25, -0.2) is 4.98 Å². The van der Waals surface area contributed by atoms with E-state index in [9.17, 15) is 9.59 Å². The van der Waals surface area contributed by atoms with Gasteiger partial charge in [0.15, 0.2) is 0 Å². The number of ether oxygens (including phenoxy) is 1. The van der Waals surface area contributed by atoms with Crippen LogP contribution in [0.1, 0.15) is 49.4 Å². The van der Waals surface area contributed by atoms with Crippen LogP contribution in [-0.2, 0) is 4.79 Å². The van der Waals surface area contributed by atoms with Crippen molar-refractivity contribution in [3.8, 4) is 5.88 Å². The number of unbranched alkanes of at least 4 members (excludes halogenated alkanes) is 1. The summed E-state index contributed by atoms with van der Waals surface area (Å²) in [6.45, 7) is 8.11. The van der Waals surface area contributed by atoms with Gasteiger partial charge in [-0.2, -0.15) is 0 Å². The second-order valence-corrected chi connectivity index (χ2v) is 10.5. The molecule has 0 aliphatic carbocycles. The predicted octanol–water partition coefficient (Wildman–Crippen LogP) is 3.23. The molecule has 0 bridgehead atoms. The molecule has 0 radical (unpaired) electrons. The van der Waals surface area contributed by atoms with Gasteiger partial charge in [0.1, 0.15) is 12.1 Å². The first-order chi connectivity index (χ1) is 18.4. The molecule has 9 nitrogen and oxygen atoms in total. The van der Waals surface area contributed by atoms with E-state index in [0.29, 0.717) is 23.6 Å². The van der Waals surface area contributed by atoms with Crippen LogP contribution in [0, 0.1) is 0 Å². The summed E-state index contributed by atoms with van der Waals surface area (Å²) in [6, 6.07) is 10.6. The van der Waals surface area contributed by atoms with E-state index in [2.05, 4.69) is 51.3 Å². The van der Waals surface area contributed by atoms with Crippen LogP contribution >= 0.6 is 0 Å². The van der Waals surface area contributed by atoms with Gasteiger partial charge in [-0.05, 0) is 63.7 Å². The highest BCUT2D eigenvalue weighted by Gasteiger charge is 2.22. The van der Waals surface area contributed by atoms with Gasteiger partial charge in [0.25, 0.3) is 5.91 Å². The number of likely N-dealkylation sites (tertiary alicyclic amines) is 1. The minimum absolute atomic E-state index is 0.170. The second-order valence-electron chi connectivity index (χ2n) is 10.5. The van der Waals surface area contributed by atoms with Crippen molar-refractivity contribution < 1.29 is 14.3 Å². The van der Waals surface area contributed by atoms with E-state index >= 15 is 0 Å². The van der Waals surface area contributed by atoms with Crippen molar-refractivity contribution in [2.45, 2.75) is 51.2 Å². The molecule has 4 rings (SSSR count). The lowest BCUT2D eigenvalue weighted by Crippen LogP contribution is -2.44. The number of carbonyl (C=O) groups excluding carboxylic acids is 2. The van der Waals surface area contributed by atoms with Crippen molar-refractivity contribution in [3.05, 3.63) is 48.2 Å². The normalized spacial score (nSPS) is 18.1. The van der Waals surface area contributed by atoms with Crippen LogP contribution in [0.2, 0.25) is 0 Å². The third kappa shape index (κ3) is 7.91. The lowest BCUT2D eigenvalue weighted by molar-refractivity contribution is -0.118. The van der Waals surface area contributed by atoms with Crippen molar-refractivity contribution in [1.82, 2.24) is 20.1 Å². The Bertz CT molecular complexity index is 1030. The number of hydrogen-bond donors (Lipinski definition) is 2. The molecule has 2 fully saturated rings. The zero-order valence-electron chi connectivity index (χ0n) is 23.0. The van der Waals surface area contributed by atoms with Crippen molar-refractivity contribution in [3.63, 3.8) is 0 Å². The molecule has 9 heteroatoms. The van der Waals surface area contributed by atoms with Gasteiger partial charge in [-0.15, -0.1) is 0 Å². The Morgan fingerprint density at radius 1 is 0.974 bits per heavy atom. The summed E-state index contributed by atoms with van der Waals surface area (Å²) in [5.41, 5.74) is 2.25. The first-order valence-electron chi connectivity index (χ1n) is 13.9. The summed E-state index contributed by atoms with van der Waals surface area (Å²) in [5, 5.41) is 5.85. The zero-order chi connectivity index (χ0) is 26.9. The average Bonchev–Trinajstić information content (AvgIpc) is 2.93. The lowest BCUT2D eigenvalue weighted by atomic mass is 10.1. The fraction of sp³-hybridized carbons (Fsp3) is 0.552. The van der Waals surface area contributed by atoms with E-state index in [1.807, 2.05) is 24.3 Å². The van der Waals surface area contributed by atoms with Crippen LogP contribution in [0.4, 0.5) is 11.4 Å². The lowest BCUT2D eigenvalue weighted by Gasteiger charge is -2.34. The first kappa shape index (κ1) is 27.9. The van der Waals surface area contributed by atoms with Crippen LogP contribution in [0.25, 0.3) is 0 Å². The van der Waals surface area contributed by atoms with E-state index in [1.54, 1.807) is 18.3 Å². The van der Waals surface area contributed by atoms with Gasteiger partial charge in [0.05, 0.1) is 11.9 Å². The Kier molecular flexibility index (Phi) is 9.95. The Morgan fingerprint density at radius 2 is 1.66 bits per heavy atom. The molecule has 38 heavy (non-hydrogen) atoms. The molecule has 2 aromatic rings. The van der Waals surface area contributed by atoms with E-state index in [1.165, 1.54) is 0 Å². The molecule has 2 N–H and O–H groups in total. The monoisotopic (exact) mass is 522 g/mol. The summed E-state index contributed by atoms with van der Waals surface area (Å²) in [5.74, 6) is 0.0752. The topological polar surface area (TPSA) is 90.0 Å². The average molecular weight is 523 g/mol. The number of hydrogen-bond acceptors (Lipinski definition) is 7. The number of likely N-dealkylation sites (N-methyl/N-ethyl adjacent to an activating group) is 1. The van der Waals surface area contributed by atoms with Gasteiger partial charge in [0.2, 0.25) is 11.8 Å². The maximum Gasteiger partial charge on any atom is 0.251 e. The van der Waals surface area contributed by atoms with Gasteiger partial charge >= 0.3 is 0 Å².